The van der Waals surface area contributed by atoms with Crippen LogP contribution in [0.15, 0.2) is 84.9 Å². The first-order valence-electron chi connectivity index (χ1n) is 8.98. The highest BCUT2D eigenvalue weighted by molar-refractivity contribution is 5.45. The van der Waals surface area contributed by atoms with Crippen LogP contribution in [0.4, 0.5) is 5.69 Å². The van der Waals surface area contributed by atoms with E-state index in [0.29, 0.717) is 5.92 Å². The lowest BCUT2D eigenvalue weighted by molar-refractivity contribution is 0.589. The van der Waals surface area contributed by atoms with Crippen molar-refractivity contribution in [3.8, 4) is 0 Å². The second-order valence-corrected chi connectivity index (χ2v) is 7.58. The average Bonchev–Trinajstić information content (AvgIpc) is 2.63. The second kappa shape index (κ2) is 7.57. The van der Waals surface area contributed by atoms with Crippen molar-refractivity contribution in [3.05, 3.63) is 102 Å². The van der Waals surface area contributed by atoms with Crippen LogP contribution in [-0.2, 0) is 5.41 Å². The van der Waals surface area contributed by atoms with Gasteiger partial charge >= 0.3 is 0 Å². The van der Waals surface area contributed by atoms with Crippen molar-refractivity contribution >= 4 is 5.69 Å². The topological polar surface area (TPSA) is 12.0 Å². The van der Waals surface area contributed by atoms with Gasteiger partial charge in [0.2, 0.25) is 0 Å². The fourth-order valence-electron chi connectivity index (χ4n) is 3.10. The molecular formula is C24H27N. The summed E-state index contributed by atoms with van der Waals surface area (Å²) in [5, 5.41) is 3.59. The molecule has 0 fully saturated rings. The van der Waals surface area contributed by atoms with Crippen LogP contribution in [0, 0.1) is 0 Å². The predicted molar refractivity (Wildman–Crippen MR) is 108 cm³/mol. The maximum Gasteiger partial charge on any atom is 0.0340 e. The molecule has 0 aliphatic rings. The molecule has 0 spiro atoms. The van der Waals surface area contributed by atoms with E-state index in [0.717, 1.165) is 12.2 Å². The van der Waals surface area contributed by atoms with E-state index in [-0.39, 0.29) is 5.41 Å². The van der Waals surface area contributed by atoms with Crippen molar-refractivity contribution in [3.63, 3.8) is 0 Å². The summed E-state index contributed by atoms with van der Waals surface area (Å²) in [6.45, 7) is 7.65. The number of para-hydroxylation sites is 1. The predicted octanol–water partition coefficient (Wildman–Crippen LogP) is 6.23. The maximum absolute atomic E-state index is 3.59. The lowest BCUT2D eigenvalue weighted by atomic mass is 9.84. The molecule has 128 valence electrons. The van der Waals surface area contributed by atoms with E-state index >= 15 is 0 Å². The van der Waals surface area contributed by atoms with Crippen LogP contribution in [0.5, 0.6) is 0 Å². The minimum Gasteiger partial charge on any atom is -0.384 e. The molecule has 0 radical (unpaired) electrons. The zero-order chi connectivity index (χ0) is 17.7. The SMILES string of the molecule is CC(C)(C)c1ccc(C(CNc2ccccc2)c2ccccc2)cc1. The Kier molecular flexibility index (Phi) is 5.23. The average molecular weight is 329 g/mol. The molecule has 3 rings (SSSR count). The largest absolute Gasteiger partial charge is 0.384 e. The smallest absolute Gasteiger partial charge is 0.0340 e. The number of nitrogens with one attached hydrogen (secondary N) is 1. The summed E-state index contributed by atoms with van der Waals surface area (Å²) in [5.74, 6) is 0.329. The normalized spacial score (nSPS) is 12.6. The lowest BCUT2D eigenvalue weighted by Gasteiger charge is -2.23. The Morgan fingerprint density at radius 3 is 1.76 bits per heavy atom. The molecule has 0 heterocycles. The van der Waals surface area contributed by atoms with E-state index in [4.69, 9.17) is 0 Å². The number of anilines is 1. The fraction of sp³-hybridized carbons (Fsp3) is 0.250. The van der Waals surface area contributed by atoms with Crippen molar-refractivity contribution < 1.29 is 0 Å². The molecular weight excluding hydrogens is 302 g/mol. The molecule has 1 nitrogen and oxygen atoms in total. The minimum absolute atomic E-state index is 0.184. The third-order valence-corrected chi connectivity index (χ3v) is 4.67. The highest BCUT2D eigenvalue weighted by atomic mass is 14.9. The van der Waals surface area contributed by atoms with Crippen LogP contribution < -0.4 is 5.32 Å². The quantitative estimate of drug-likeness (QED) is 0.585. The molecule has 0 aromatic heterocycles. The molecule has 0 saturated carbocycles. The van der Waals surface area contributed by atoms with Crippen LogP contribution >= 0.6 is 0 Å². The van der Waals surface area contributed by atoms with Crippen LogP contribution in [0.25, 0.3) is 0 Å². The van der Waals surface area contributed by atoms with Crippen molar-refractivity contribution in [2.45, 2.75) is 32.1 Å². The number of benzene rings is 3. The number of hydrogen-bond donors (Lipinski definition) is 1. The number of hydrogen-bond acceptors (Lipinski definition) is 1. The van der Waals surface area contributed by atoms with E-state index in [1.165, 1.54) is 16.7 Å². The van der Waals surface area contributed by atoms with Gasteiger partial charge in [-0.3, -0.25) is 0 Å². The lowest BCUT2D eigenvalue weighted by Crippen LogP contribution is -2.15. The van der Waals surface area contributed by atoms with E-state index in [9.17, 15) is 0 Å². The van der Waals surface area contributed by atoms with Gasteiger partial charge in [0.15, 0.2) is 0 Å². The van der Waals surface area contributed by atoms with Crippen LogP contribution in [0.3, 0.4) is 0 Å². The molecule has 1 unspecified atom stereocenters. The third kappa shape index (κ3) is 4.51. The summed E-state index contributed by atoms with van der Waals surface area (Å²) in [4.78, 5) is 0. The highest BCUT2D eigenvalue weighted by Gasteiger charge is 2.17. The molecule has 0 amide bonds. The van der Waals surface area contributed by atoms with Gasteiger partial charge in [-0.05, 0) is 34.2 Å². The Hall–Kier alpha value is -2.54. The summed E-state index contributed by atoms with van der Waals surface area (Å²) in [6.07, 6.45) is 0. The Morgan fingerprint density at radius 1 is 0.680 bits per heavy atom. The van der Waals surface area contributed by atoms with E-state index in [2.05, 4.69) is 105 Å². The Bertz CT molecular complexity index is 768. The van der Waals surface area contributed by atoms with Gasteiger partial charge in [-0.15, -0.1) is 0 Å². The van der Waals surface area contributed by atoms with Gasteiger partial charge in [-0.25, -0.2) is 0 Å². The maximum atomic E-state index is 3.59. The van der Waals surface area contributed by atoms with Gasteiger partial charge in [-0.2, -0.15) is 0 Å². The van der Waals surface area contributed by atoms with E-state index < -0.39 is 0 Å². The van der Waals surface area contributed by atoms with Crippen molar-refractivity contribution in [2.24, 2.45) is 0 Å². The first kappa shape index (κ1) is 17.3. The molecule has 3 aromatic rings. The van der Waals surface area contributed by atoms with Gasteiger partial charge < -0.3 is 5.32 Å². The molecule has 3 aromatic carbocycles. The van der Waals surface area contributed by atoms with Gasteiger partial charge in [-0.1, -0.05) is 93.6 Å². The van der Waals surface area contributed by atoms with Crippen LogP contribution in [-0.4, -0.2) is 6.54 Å². The Balaban J connectivity index is 1.86. The van der Waals surface area contributed by atoms with Gasteiger partial charge in [0.1, 0.15) is 0 Å². The van der Waals surface area contributed by atoms with Crippen molar-refractivity contribution in [1.82, 2.24) is 0 Å². The molecule has 0 aliphatic carbocycles. The van der Waals surface area contributed by atoms with E-state index in [1.54, 1.807) is 0 Å². The summed E-state index contributed by atoms with van der Waals surface area (Å²) in [6, 6.07) is 30.3. The summed E-state index contributed by atoms with van der Waals surface area (Å²) < 4.78 is 0. The van der Waals surface area contributed by atoms with Crippen LogP contribution in [0.2, 0.25) is 0 Å². The summed E-state index contributed by atoms with van der Waals surface area (Å²) in [7, 11) is 0. The summed E-state index contributed by atoms with van der Waals surface area (Å²) >= 11 is 0. The molecule has 0 saturated heterocycles. The molecule has 0 aliphatic heterocycles. The van der Waals surface area contributed by atoms with E-state index in [1.807, 2.05) is 6.07 Å². The standard InChI is InChI=1S/C24H27N/c1-24(2,3)21-16-14-20(15-17-21)23(19-10-6-4-7-11-19)18-25-22-12-8-5-9-13-22/h4-17,23,25H,18H2,1-3H3. The Morgan fingerprint density at radius 2 is 1.20 bits per heavy atom. The molecule has 1 heteroatoms. The molecule has 1 N–H and O–H groups in total. The number of rotatable bonds is 5. The first-order valence-corrected chi connectivity index (χ1v) is 8.98. The highest BCUT2D eigenvalue weighted by Crippen LogP contribution is 2.28. The minimum atomic E-state index is 0.184. The third-order valence-electron chi connectivity index (χ3n) is 4.67. The van der Waals surface area contributed by atoms with Gasteiger partial charge in [0.25, 0.3) is 0 Å². The fourth-order valence-corrected chi connectivity index (χ4v) is 3.10. The van der Waals surface area contributed by atoms with Crippen molar-refractivity contribution in [2.75, 3.05) is 11.9 Å². The zero-order valence-corrected chi connectivity index (χ0v) is 15.4. The monoisotopic (exact) mass is 329 g/mol. The molecule has 0 bridgehead atoms. The Labute approximate surface area is 151 Å². The zero-order valence-electron chi connectivity index (χ0n) is 15.4. The van der Waals surface area contributed by atoms with Crippen molar-refractivity contribution in [1.29, 1.82) is 0 Å². The molecule has 25 heavy (non-hydrogen) atoms. The summed E-state index contributed by atoms with van der Waals surface area (Å²) in [5.41, 5.74) is 5.41. The van der Waals surface area contributed by atoms with Crippen LogP contribution in [0.1, 0.15) is 43.4 Å². The van der Waals surface area contributed by atoms with Gasteiger partial charge in [0.05, 0.1) is 0 Å². The molecule has 1 atom stereocenters. The second-order valence-electron chi connectivity index (χ2n) is 7.58. The van der Waals surface area contributed by atoms with Gasteiger partial charge in [0, 0.05) is 18.2 Å². The first-order chi connectivity index (χ1) is 12.0.